The maximum absolute atomic E-state index is 13.0. The van der Waals surface area contributed by atoms with E-state index in [-0.39, 0.29) is 29.8 Å². The number of benzene rings is 1. The third-order valence-electron chi connectivity index (χ3n) is 4.78. The quantitative estimate of drug-likeness (QED) is 0.609. The molecular formula is C21H27ClN4O5S. The van der Waals surface area contributed by atoms with Crippen molar-refractivity contribution >= 4 is 39.3 Å². The molecule has 0 aliphatic carbocycles. The zero-order chi connectivity index (χ0) is 23.5. The molecule has 0 bridgehead atoms. The normalized spacial score (nSPS) is 15.4. The molecule has 2 aromatic rings. The second kappa shape index (κ2) is 10.0. The number of hydrogen-bond acceptors (Lipinski definition) is 6. The lowest BCUT2D eigenvalue weighted by molar-refractivity contribution is -0.111. The van der Waals surface area contributed by atoms with Gasteiger partial charge in [0, 0.05) is 31.8 Å². The Morgan fingerprint density at radius 2 is 2.00 bits per heavy atom. The molecule has 1 aromatic heterocycles. The fourth-order valence-electron chi connectivity index (χ4n) is 3.23. The number of nitrogens with one attached hydrogen (secondary N) is 1. The molecule has 1 aliphatic heterocycles. The summed E-state index contributed by atoms with van der Waals surface area (Å²) in [5.74, 6) is -0.0860. The highest BCUT2D eigenvalue weighted by Crippen LogP contribution is 2.30. The van der Waals surface area contributed by atoms with E-state index in [4.69, 9.17) is 21.1 Å². The van der Waals surface area contributed by atoms with Crippen LogP contribution in [-0.2, 0) is 26.6 Å². The number of carbonyl (C=O) groups is 1. The summed E-state index contributed by atoms with van der Waals surface area (Å²) in [6, 6.07) is 4.44. The Kier molecular flexibility index (Phi) is 7.60. The van der Waals surface area contributed by atoms with Gasteiger partial charge in [-0.25, -0.2) is 8.42 Å². The van der Waals surface area contributed by atoms with Crippen molar-refractivity contribution in [1.29, 1.82) is 0 Å². The summed E-state index contributed by atoms with van der Waals surface area (Å²) in [5.41, 5.74) is 1.58. The Morgan fingerprint density at radius 1 is 1.31 bits per heavy atom. The number of carbonyl (C=O) groups excluding carboxylic acids is 1. The molecule has 1 saturated heterocycles. The summed E-state index contributed by atoms with van der Waals surface area (Å²) in [6.45, 7) is 6.73. The van der Waals surface area contributed by atoms with E-state index in [1.54, 1.807) is 26.1 Å². The van der Waals surface area contributed by atoms with Gasteiger partial charge in [0.1, 0.15) is 10.9 Å². The van der Waals surface area contributed by atoms with Gasteiger partial charge in [0.05, 0.1) is 35.6 Å². The fraction of sp³-hybridized carbons (Fsp3) is 0.429. The highest BCUT2D eigenvalue weighted by Gasteiger charge is 2.27. The van der Waals surface area contributed by atoms with Crippen molar-refractivity contribution in [1.82, 2.24) is 14.1 Å². The van der Waals surface area contributed by atoms with Gasteiger partial charge in [0.15, 0.2) is 0 Å². The van der Waals surface area contributed by atoms with E-state index in [1.165, 1.54) is 27.2 Å². The maximum atomic E-state index is 13.0. The molecule has 0 unspecified atom stereocenters. The topological polar surface area (TPSA) is 103 Å². The van der Waals surface area contributed by atoms with Gasteiger partial charge < -0.3 is 14.8 Å². The number of sulfonamides is 1. The SMILES string of the molecule is Cc1nn(C)c(Cl)c1/C=C/C(=O)Nc1cc(S(=O)(=O)N2CCOCC2)ccc1OC(C)C. The van der Waals surface area contributed by atoms with Gasteiger partial charge >= 0.3 is 0 Å². The van der Waals surface area contributed by atoms with E-state index in [1.807, 2.05) is 13.8 Å². The van der Waals surface area contributed by atoms with Gasteiger partial charge in [0.25, 0.3) is 0 Å². The van der Waals surface area contributed by atoms with Crippen LogP contribution in [0.5, 0.6) is 5.75 Å². The van der Waals surface area contributed by atoms with Crippen LogP contribution in [0.3, 0.4) is 0 Å². The first-order chi connectivity index (χ1) is 15.1. The van der Waals surface area contributed by atoms with Crippen molar-refractivity contribution in [2.75, 3.05) is 31.6 Å². The van der Waals surface area contributed by atoms with Gasteiger partial charge in [-0.2, -0.15) is 9.40 Å². The molecule has 1 N–H and O–H groups in total. The lowest BCUT2D eigenvalue weighted by atomic mass is 10.2. The van der Waals surface area contributed by atoms with E-state index < -0.39 is 15.9 Å². The number of aryl methyl sites for hydroxylation is 2. The van der Waals surface area contributed by atoms with Crippen molar-refractivity contribution < 1.29 is 22.7 Å². The van der Waals surface area contributed by atoms with Crippen LogP contribution >= 0.6 is 11.6 Å². The molecule has 1 aliphatic rings. The highest BCUT2D eigenvalue weighted by molar-refractivity contribution is 7.89. The Balaban J connectivity index is 1.88. The predicted molar refractivity (Wildman–Crippen MR) is 122 cm³/mol. The number of morpholine rings is 1. The highest BCUT2D eigenvalue weighted by atomic mass is 35.5. The zero-order valence-electron chi connectivity index (χ0n) is 18.5. The molecule has 32 heavy (non-hydrogen) atoms. The number of amides is 1. The van der Waals surface area contributed by atoms with Crippen molar-refractivity contribution in [3.63, 3.8) is 0 Å². The van der Waals surface area contributed by atoms with E-state index in [2.05, 4.69) is 10.4 Å². The summed E-state index contributed by atoms with van der Waals surface area (Å²) >= 11 is 6.20. The van der Waals surface area contributed by atoms with Gasteiger partial charge in [-0.05, 0) is 45.0 Å². The smallest absolute Gasteiger partial charge is 0.248 e. The van der Waals surface area contributed by atoms with E-state index in [9.17, 15) is 13.2 Å². The molecule has 0 saturated carbocycles. The minimum atomic E-state index is -3.73. The maximum Gasteiger partial charge on any atom is 0.248 e. The second-order valence-corrected chi connectivity index (χ2v) is 9.87. The third-order valence-corrected chi connectivity index (χ3v) is 7.12. The minimum Gasteiger partial charge on any atom is -0.489 e. The molecule has 0 spiro atoms. The lowest BCUT2D eigenvalue weighted by Gasteiger charge is -2.26. The minimum absolute atomic E-state index is 0.0703. The van der Waals surface area contributed by atoms with E-state index >= 15 is 0 Å². The molecular weight excluding hydrogens is 456 g/mol. The fourth-order valence-corrected chi connectivity index (χ4v) is 4.90. The van der Waals surface area contributed by atoms with Gasteiger partial charge in [-0.15, -0.1) is 0 Å². The number of ether oxygens (including phenoxy) is 2. The number of halogens is 1. The summed E-state index contributed by atoms with van der Waals surface area (Å²) in [7, 11) is -2.02. The molecule has 1 fully saturated rings. The molecule has 11 heteroatoms. The van der Waals surface area contributed by atoms with Crippen LogP contribution in [0.2, 0.25) is 5.15 Å². The number of rotatable bonds is 7. The van der Waals surface area contributed by atoms with E-state index in [0.717, 1.165) is 0 Å². The standard InChI is InChI=1S/C21H27ClN4O5S/c1-14(2)31-19-7-5-16(32(28,29)26-9-11-30-12-10-26)13-18(19)23-20(27)8-6-17-15(3)24-25(4)21(17)22/h5-8,13-14H,9-12H2,1-4H3,(H,23,27)/b8-6+. The van der Waals surface area contributed by atoms with Crippen molar-refractivity contribution in [2.45, 2.75) is 31.8 Å². The molecule has 0 atom stereocenters. The van der Waals surface area contributed by atoms with Crippen LogP contribution in [0.25, 0.3) is 6.08 Å². The van der Waals surface area contributed by atoms with Crippen LogP contribution < -0.4 is 10.1 Å². The monoisotopic (exact) mass is 482 g/mol. The van der Waals surface area contributed by atoms with Crippen LogP contribution in [0.1, 0.15) is 25.1 Å². The summed E-state index contributed by atoms with van der Waals surface area (Å²) in [5, 5.41) is 7.33. The van der Waals surface area contributed by atoms with Crippen molar-refractivity contribution in [3.05, 3.63) is 40.7 Å². The molecule has 174 valence electrons. The number of anilines is 1. The largest absolute Gasteiger partial charge is 0.489 e. The molecule has 9 nitrogen and oxygen atoms in total. The van der Waals surface area contributed by atoms with Crippen LogP contribution in [0.15, 0.2) is 29.2 Å². The first-order valence-electron chi connectivity index (χ1n) is 10.2. The number of nitrogens with zero attached hydrogens (tertiary/aromatic N) is 3. The summed E-state index contributed by atoms with van der Waals surface area (Å²) in [6.07, 6.45) is 2.72. The lowest BCUT2D eigenvalue weighted by Crippen LogP contribution is -2.40. The van der Waals surface area contributed by atoms with Crippen molar-refractivity contribution in [2.24, 2.45) is 7.05 Å². The molecule has 1 aromatic carbocycles. The Bertz CT molecular complexity index is 1120. The summed E-state index contributed by atoms with van der Waals surface area (Å²) in [4.78, 5) is 12.7. The average Bonchev–Trinajstić information content (AvgIpc) is 2.99. The first kappa shape index (κ1) is 24.2. The van der Waals surface area contributed by atoms with Crippen LogP contribution in [0.4, 0.5) is 5.69 Å². The molecule has 3 rings (SSSR count). The second-order valence-electron chi connectivity index (χ2n) is 7.58. The Labute approximate surface area is 193 Å². The van der Waals surface area contributed by atoms with Crippen LogP contribution in [0, 0.1) is 6.92 Å². The predicted octanol–water partition coefficient (Wildman–Crippen LogP) is 2.84. The van der Waals surface area contributed by atoms with Gasteiger partial charge in [0.2, 0.25) is 15.9 Å². The third kappa shape index (κ3) is 5.50. The van der Waals surface area contributed by atoms with Gasteiger partial charge in [-0.3, -0.25) is 9.48 Å². The Hall–Kier alpha value is -2.40. The number of aromatic nitrogens is 2. The Morgan fingerprint density at radius 3 is 2.59 bits per heavy atom. The van der Waals surface area contributed by atoms with E-state index in [0.29, 0.717) is 35.4 Å². The molecule has 0 radical (unpaired) electrons. The summed E-state index contributed by atoms with van der Waals surface area (Å²) < 4.78 is 39.9. The molecule has 2 heterocycles. The van der Waals surface area contributed by atoms with Crippen molar-refractivity contribution in [3.8, 4) is 5.75 Å². The zero-order valence-corrected chi connectivity index (χ0v) is 20.0. The average molecular weight is 483 g/mol. The van der Waals surface area contributed by atoms with Crippen LogP contribution in [-0.4, -0.2) is 60.8 Å². The van der Waals surface area contributed by atoms with Gasteiger partial charge in [-0.1, -0.05) is 11.6 Å². The number of hydrogen-bond donors (Lipinski definition) is 1. The molecule has 1 amide bonds. The first-order valence-corrected chi connectivity index (χ1v) is 12.0.